The third-order valence-corrected chi connectivity index (χ3v) is 4.13. The van der Waals surface area contributed by atoms with Crippen molar-refractivity contribution >= 4 is 34.1 Å². The van der Waals surface area contributed by atoms with Crippen molar-refractivity contribution in [1.29, 1.82) is 0 Å². The van der Waals surface area contributed by atoms with Gasteiger partial charge in [-0.3, -0.25) is 0 Å². The number of hydrogen-bond donors (Lipinski definition) is 2. The summed E-state index contributed by atoms with van der Waals surface area (Å²) in [6.07, 6.45) is 1.80. The fourth-order valence-corrected chi connectivity index (χ4v) is 2.71. The number of benzene rings is 1. The van der Waals surface area contributed by atoms with E-state index in [1.165, 1.54) is 0 Å². The number of thiazole rings is 1. The molecule has 0 saturated carbocycles. The number of nitrogens with zero attached hydrogens (tertiary/aromatic N) is 1. The first kappa shape index (κ1) is 17.0. The number of carbonyl (C=O) groups excluding carboxylic acids is 1. The number of carboxylic acids is 1. The molecular weight excluding hydrogens is 316 g/mol. The molecule has 0 unspecified atom stereocenters. The van der Waals surface area contributed by atoms with Crippen molar-refractivity contribution in [3.63, 3.8) is 0 Å². The summed E-state index contributed by atoms with van der Waals surface area (Å²) in [6, 6.07) is 6.85. The molecule has 2 aromatic rings. The predicted molar refractivity (Wildman–Crippen MR) is 88.7 cm³/mol. The second-order valence-corrected chi connectivity index (χ2v) is 5.93. The maximum atomic E-state index is 11.9. The minimum absolute atomic E-state index is 0.197. The summed E-state index contributed by atoms with van der Waals surface area (Å²) in [5.74, 6) is -1.37. The lowest BCUT2D eigenvalue weighted by Crippen LogP contribution is -2.06. The van der Waals surface area contributed by atoms with Gasteiger partial charge in [-0.15, -0.1) is 0 Å². The van der Waals surface area contributed by atoms with Gasteiger partial charge in [0.15, 0.2) is 5.13 Å². The van der Waals surface area contributed by atoms with Crippen LogP contribution in [0.3, 0.4) is 0 Å². The maximum Gasteiger partial charge on any atom is 0.347 e. The SMILES string of the molecule is CCCCOC(=O)c1cccc(Nc2nc(C)c(C(=O)O)s2)c1. The Kier molecular flexibility index (Phi) is 5.70. The standard InChI is InChI=1S/C16H18N2O4S/c1-3-4-8-22-15(21)11-6-5-7-12(9-11)18-16-17-10(2)13(23-16)14(19)20/h5-7,9H,3-4,8H2,1-2H3,(H,17,18)(H,19,20). The van der Waals surface area contributed by atoms with Crippen LogP contribution < -0.4 is 5.32 Å². The highest BCUT2D eigenvalue weighted by Crippen LogP contribution is 2.26. The van der Waals surface area contributed by atoms with Gasteiger partial charge in [0, 0.05) is 5.69 Å². The number of esters is 1. The molecule has 7 heteroatoms. The van der Waals surface area contributed by atoms with Crippen LogP contribution in [0.2, 0.25) is 0 Å². The first-order valence-electron chi connectivity index (χ1n) is 7.26. The van der Waals surface area contributed by atoms with E-state index in [-0.39, 0.29) is 10.8 Å². The molecule has 0 bridgehead atoms. The monoisotopic (exact) mass is 334 g/mol. The van der Waals surface area contributed by atoms with Crippen LogP contribution in [0.5, 0.6) is 0 Å². The number of aromatic carboxylic acids is 1. The van der Waals surface area contributed by atoms with Crippen LogP contribution in [0.1, 0.15) is 45.5 Å². The molecule has 1 aromatic heterocycles. The highest BCUT2D eigenvalue weighted by atomic mass is 32.1. The van der Waals surface area contributed by atoms with E-state index in [0.29, 0.717) is 28.7 Å². The Morgan fingerprint density at radius 3 is 2.83 bits per heavy atom. The molecule has 2 N–H and O–H groups in total. The molecular formula is C16H18N2O4S. The van der Waals surface area contributed by atoms with E-state index in [1.54, 1.807) is 31.2 Å². The fourth-order valence-electron chi connectivity index (χ4n) is 1.89. The van der Waals surface area contributed by atoms with Gasteiger partial charge in [-0.2, -0.15) is 0 Å². The number of anilines is 2. The molecule has 0 radical (unpaired) electrons. The minimum Gasteiger partial charge on any atom is -0.477 e. The summed E-state index contributed by atoms with van der Waals surface area (Å²) in [6.45, 7) is 4.08. The van der Waals surface area contributed by atoms with Crippen molar-refractivity contribution in [3.8, 4) is 0 Å². The van der Waals surface area contributed by atoms with E-state index in [1.807, 2.05) is 6.92 Å². The van der Waals surface area contributed by atoms with Crippen LogP contribution >= 0.6 is 11.3 Å². The van der Waals surface area contributed by atoms with Crippen LogP contribution in [0, 0.1) is 6.92 Å². The molecule has 0 fully saturated rings. The number of unbranched alkanes of at least 4 members (excludes halogenated alkanes) is 1. The molecule has 23 heavy (non-hydrogen) atoms. The number of aryl methyl sites for hydroxylation is 1. The smallest absolute Gasteiger partial charge is 0.347 e. The van der Waals surface area contributed by atoms with Gasteiger partial charge in [0.25, 0.3) is 0 Å². The number of ether oxygens (including phenoxy) is 1. The first-order chi connectivity index (χ1) is 11.0. The molecule has 0 amide bonds. The summed E-state index contributed by atoms with van der Waals surface area (Å²) in [5, 5.41) is 12.5. The zero-order chi connectivity index (χ0) is 16.8. The zero-order valence-corrected chi connectivity index (χ0v) is 13.8. The van der Waals surface area contributed by atoms with Crippen LogP contribution in [0.15, 0.2) is 24.3 Å². The van der Waals surface area contributed by atoms with E-state index < -0.39 is 5.97 Å². The average molecular weight is 334 g/mol. The van der Waals surface area contributed by atoms with E-state index in [9.17, 15) is 9.59 Å². The molecule has 0 aliphatic carbocycles. The summed E-state index contributed by atoms with van der Waals surface area (Å²) in [7, 11) is 0. The molecule has 6 nitrogen and oxygen atoms in total. The number of aromatic nitrogens is 1. The summed E-state index contributed by atoms with van der Waals surface area (Å²) in [4.78, 5) is 27.3. The third kappa shape index (κ3) is 4.53. The summed E-state index contributed by atoms with van der Waals surface area (Å²) < 4.78 is 5.17. The molecule has 0 aliphatic rings. The predicted octanol–water partition coefficient (Wildman–Crippen LogP) is 3.85. The van der Waals surface area contributed by atoms with Gasteiger partial charge in [-0.1, -0.05) is 30.7 Å². The van der Waals surface area contributed by atoms with Crippen LogP contribution in [0.4, 0.5) is 10.8 Å². The Morgan fingerprint density at radius 2 is 2.17 bits per heavy atom. The fraction of sp³-hybridized carbons (Fsp3) is 0.312. The Bertz CT molecular complexity index is 712. The van der Waals surface area contributed by atoms with Crippen molar-refractivity contribution in [3.05, 3.63) is 40.4 Å². The second kappa shape index (κ2) is 7.73. The normalized spacial score (nSPS) is 10.3. The van der Waals surface area contributed by atoms with Crippen molar-refractivity contribution in [2.45, 2.75) is 26.7 Å². The first-order valence-corrected chi connectivity index (χ1v) is 8.08. The summed E-state index contributed by atoms with van der Waals surface area (Å²) in [5.41, 5.74) is 1.55. The molecule has 1 aromatic carbocycles. The number of rotatable bonds is 7. The topological polar surface area (TPSA) is 88.5 Å². The zero-order valence-electron chi connectivity index (χ0n) is 13.0. The van der Waals surface area contributed by atoms with Crippen LogP contribution in [-0.2, 0) is 4.74 Å². The van der Waals surface area contributed by atoms with Gasteiger partial charge in [-0.25, -0.2) is 14.6 Å². The van der Waals surface area contributed by atoms with E-state index in [2.05, 4.69) is 10.3 Å². The number of carboxylic acid groups (broad SMARTS) is 1. The second-order valence-electron chi connectivity index (χ2n) is 4.93. The van der Waals surface area contributed by atoms with E-state index in [4.69, 9.17) is 9.84 Å². The molecule has 0 aliphatic heterocycles. The quantitative estimate of drug-likeness (QED) is 0.590. The average Bonchev–Trinajstić information content (AvgIpc) is 2.88. The van der Waals surface area contributed by atoms with Gasteiger partial charge in [-0.05, 0) is 31.5 Å². The molecule has 1 heterocycles. The van der Waals surface area contributed by atoms with Crippen LogP contribution in [0.25, 0.3) is 0 Å². The van der Waals surface area contributed by atoms with Gasteiger partial charge < -0.3 is 15.2 Å². The number of nitrogens with one attached hydrogen (secondary N) is 1. The minimum atomic E-state index is -0.999. The Morgan fingerprint density at radius 1 is 1.39 bits per heavy atom. The number of hydrogen-bond acceptors (Lipinski definition) is 6. The molecule has 0 saturated heterocycles. The Labute approximate surface area is 138 Å². The summed E-state index contributed by atoms with van der Waals surface area (Å²) >= 11 is 1.06. The maximum absolute atomic E-state index is 11.9. The Balaban J connectivity index is 2.09. The van der Waals surface area contributed by atoms with E-state index in [0.717, 1.165) is 24.2 Å². The molecule has 0 spiro atoms. The molecule has 2 rings (SSSR count). The lowest BCUT2D eigenvalue weighted by atomic mass is 10.2. The van der Waals surface area contributed by atoms with Gasteiger partial charge in [0.1, 0.15) is 4.88 Å². The van der Waals surface area contributed by atoms with E-state index >= 15 is 0 Å². The third-order valence-electron chi connectivity index (χ3n) is 3.07. The van der Waals surface area contributed by atoms with Crippen molar-refractivity contribution in [2.75, 3.05) is 11.9 Å². The highest BCUT2D eigenvalue weighted by Gasteiger charge is 2.14. The Hall–Kier alpha value is -2.41. The largest absolute Gasteiger partial charge is 0.477 e. The van der Waals surface area contributed by atoms with Gasteiger partial charge in [0.05, 0.1) is 17.9 Å². The van der Waals surface area contributed by atoms with Crippen molar-refractivity contribution < 1.29 is 19.4 Å². The van der Waals surface area contributed by atoms with Gasteiger partial charge >= 0.3 is 11.9 Å². The van der Waals surface area contributed by atoms with Crippen molar-refractivity contribution in [2.24, 2.45) is 0 Å². The molecule has 122 valence electrons. The van der Waals surface area contributed by atoms with Crippen LogP contribution in [-0.4, -0.2) is 28.6 Å². The molecule has 0 atom stereocenters. The number of carbonyl (C=O) groups is 2. The highest BCUT2D eigenvalue weighted by molar-refractivity contribution is 7.17. The van der Waals surface area contributed by atoms with Gasteiger partial charge in [0.2, 0.25) is 0 Å². The lowest BCUT2D eigenvalue weighted by molar-refractivity contribution is 0.0499. The van der Waals surface area contributed by atoms with Crippen molar-refractivity contribution in [1.82, 2.24) is 4.98 Å². The lowest BCUT2D eigenvalue weighted by Gasteiger charge is -2.06.